The fourth-order valence-corrected chi connectivity index (χ4v) is 3.39. The molecule has 21 heavy (non-hydrogen) atoms. The number of nitrogens with one attached hydrogen (secondary N) is 1. The zero-order valence-corrected chi connectivity index (χ0v) is 12.7. The summed E-state index contributed by atoms with van der Waals surface area (Å²) in [6, 6.07) is 2.45. The molecule has 1 aliphatic carbocycles. The number of aromatic nitrogens is 2. The summed E-state index contributed by atoms with van der Waals surface area (Å²) in [7, 11) is 0. The first-order valence-corrected chi connectivity index (χ1v) is 8.03. The van der Waals surface area contributed by atoms with Gasteiger partial charge in [0.15, 0.2) is 5.82 Å². The number of hydrogen-bond donors (Lipinski definition) is 2. The van der Waals surface area contributed by atoms with E-state index in [1.54, 1.807) is 4.90 Å². The number of nitrogens with zero attached hydrogens (tertiary/aromatic N) is 3. The summed E-state index contributed by atoms with van der Waals surface area (Å²) >= 11 is 0. The van der Waals surface area contributed by atoms with Gasteiger partial charge in [-0.2, -0.15) is 5.10 Å². The Morgan fingerprint density at radius 1 is 1.33 bits per heavy atom. The Labute approximate surface area is 125 Å². The average molecular weight is 291 g/mol. The van der Waals surface area contributed by atoms with E-state index >= 15 is 0 Å². The minimum absolute atomic E-state index is 0.0792. The lowest BCUT2D eigenvalue weighted by molar-refractivity contribution is 0.208. The van der Waals surface area contributed by atoms with Crippen LogP contribution in [0.2, 0.25) is 0 Å². The molecule has 2 aliphatic rings. The molecule has 6 nitrogen and oxygen atoms in total. The summed E-state index contributed by atoms with van der Waals surface area (Å²) in [5, 5.41) is 7.41. The van der Waals surface area contributed by atoms with Gasteiger partial charge in [0, 0.05) is 30.9 Å². The Hall–Kier alpha value is -1.56. The molecule has 0 aromatic carbocycles. The highest BCUT2D eigenvalue weighted by molar-refractivity contribution is 5.88. The first kappa shape index (κ1) is 14.4. The van der Waals surface area contributed by atoms with Crippen LogP contribution in [0.3, 0.4) is 0 Å². The number of nitrogens with two attached hydrogens (primary N) is 1. The van der Waals surface area contributed by atoms with Gasteiger partial charge in [-0.25, -0.2) is 4.79 Å². The molecule has 116 valence electrons. The standard InChI is InChI=1S/C15H25N5O/c1-11-13(16)7-9-19(11)15(21)17-14-8-10-20(18-14)12-5-3-2-4-6-12/h8,10-13H,2-7,9,16H2,1H3,(H,17,18,21)/t11-,13-/m0/s1. The van der Waals surface area contributed by atoms with Gasteiger partial charge in [0.1, 0.15) is 0 Å². The van der Waals surface area contributed by atoms with Gasteiger partial charge >= 0.3 is 6.03 Å². The average Bonchev–Trinajstić information content (AvgIpc) is 3.08. The number of carbonyl (C=O) groups excluding carboxylic acids is 1. The number of hydrogen-bond acceptors (Lipinski definition) is 3. The maximum absolute atomic E-state index is 12.3. The minimum Gasteiger partial charge on any atom is -0.326 e. The predicted molar refractivity (Wildman–Crippen MR) is 82.1 cm³/mol. The van der Waals surface area contributed by atoms with Crippen molar-refractivity contribution in [2.24, 2.45) is 5.73 Å². The van der Waals surface area contributed by atoms with Gasteiger partial charge in [-0.3, -0.25) is 10.00 Å². The zero-order valence-electron chi connectivity index (χ0n) is 12.7. The summed E-state index contributed by atoms with van der Waals surface area (Å²) in [6.45, 7) is 2.72. The fourth-order valence-electron chi connectivity index (χ4n) is 3.39. The van der Waals surface area contributed by atoms with Crippen molar-refractivity contribution >= 4 is 11.8 Å². The predicted octanol–water partition coefficient (Wildman–Crippen LogP) is 2.34. The van der Waals surface area contributed by atoms with Crippen LogP contribution in [0.15, 0.2) is 12.3 Å². The van der Waals surface area contributed by atoms with Crippen molar-refractivity contribution in [3.8, 4) is 0 Å². The molecule has 3 rings (SSSR count). The molecule has 2 atom stereocenters. The van der Waals surface area contributed by atoms with Crippen LogP contribution >= 0.6 is 0 Å². The van der Waals surface area contributed by atoms with Crippen molar-refractivity contribution in [1.82, 2.24) is 14.7 Å². The van der Waals surface area contributed by atoms with Gasteiger partial charge in [-0.1, -0.05) is 19.3 Å². The largest absolute Gasteiger partial charge is 0.326 e. The lowest BCUT2D eigenvalue weighted by atomic mass is 9.96. The molecule has 2 fully saturated rings. The van der Waals surface area contributed by atoms with E-state index in [1.807, 2.05) is 23.9 Å². The summed E-state index contributed by atoms with van der Waals surface area (Å²) < 4.78 is 2.01. The van der Waals surface area contributed by atoms with Crippen molar-refractivity contribution in [1.29, 1.82) is 0 Å². The van der Waals surface area contributed by atoms with E-state index in [0.717, 1.165) is 13.0 Å². The van der Waals surface area contributed by atoms with Gasteiger partial charge in [-0.05, 0) is 26.2 Å². The third-order valence-corrected chi connectivity index (χ3v) is 4.87. The molecule has 3 N–H and O–H groups in total. The molecular formula is C15H25N5O. The maximum atomic E-state index is 12.3. The maximum Gasteiger partial charge on any atom is 0.323 e. The monoisotopic (exact) mass is 291 g/mol. The smallest absolute Gasteiger partial charge is 0.323 e. The first-order valence-electron chi connectivity index (χ1n) is 8.03. The number of likely N-dealkylation sites (tertiary alicyclic amines) is 1. The van der Waals surface area contributed by atoms with E-state index in [1.165, 1.54) is 32.1 Å². The molecule has 2 amide bonds. The van der Waals surface area contributed by atoms with Crippen molar-refractivity contribution in [2.45, 2.75) is 63.6 Å². The topological polar surface area (TPSA) is 76.2 Å². The molecule has 1 aromatic heterocycles. The third kappa shape index (κ3) is 3.05. The molecule has 0 radical (unpaired) electrons. The minimum atomic E-state index is -0.0932. The van der Waals surface area contributed by atoms with Gasteiger partial charge in [-0.15, -0.1) is 0 Å². The van der Waals surface area contributed by atoms with E-state index in [2.05, 4.69) is 10.4 Å². The van der Waals surface area contributed by atoms with Gasteiger partial charge < -0.3 is 10.6 Å². The van der Waals surface area contributed by atoms with Crippen LogP contribution in [0.25, 0.3) is 0 Å². The van der Waals surface area contributed by atoms with Crippen LogP contribution in [-0.2, 0) is 0 Å². The Bertz CT molecular complexity index is 494. The molecule has 1 aromatic rings. The van der Waals surface area contributed by atoms with Crippen molar-refractivity contribution in [3.63, 3.8) is 0 Å². The van der Waals surface area contributed by atoms with Crippen LogP contribution in [0.1, 0.15) is 51.5 Å². The lowest BCUT2D eigenvalue weighted by Gasteiger charge is -2.23. The first-order chi connectivity index (χ1) is 10.1. The molecule has 0 unspecified atom stereocenters. The van der Waals surface area contributed by atoms with Crippen molar-refractivity contribution in [3.05, 3.63) is 12.3 Å². The third-order valence-electron chi connectivity index (χ3n) is 4.87. The number of rotatable bonds is 2. The molecule has 1 saturated carbocycles. The van der Waals surface area contributed by atoms with Crippen LogP contribution in [0, 0.1) is 0 Å². The number of amides is 2. The molecule has 1 saturated heterocycles. The van der Waals surface area contributed by atoms with E-state index in [0.29, 0.717) is 11.9 Å². The zero-order chi connectivity index (χ0) is 14.8. The second-order valence-corrected chi connectivity index (χ2v) is 6.29. The Kier molecular flexibility index (Phi) is 4.14. The Morgan fingerprint density at radius 2 is 2.10 bits per heavy atom. The molecule has 6 heteroatoms. The SMILES string of the molecule is C[C@H]1[C@@H](N)CCN1C(=O)Nc1ccn(C2CCCCC2)n1. The van der Waals surface area contributed by atoms with E-state index in [-0.39, 0.29) is 18.1 Å². The van der Waals surface area contributed by atoms with Crippen LogP contribution < -0.4 is 11.1 Å². The number of anilines is 1. The molecule has 1 aliphatic heterocycles. The van der Waals surface area contributed by atoms with E-state index in [4.69, 9.17) is 5.73 Å². The van der Waals surface area contributed by atoms with Crippen molar-refractivity contribution < 1.29 is 4.79 Å². The number of carbonyl (C=O) groups is 1. The highest BCUT2D eigenvalue weighted by Crippen LogP contribution is 2.28. The quantitative estimate of drug-likeness (QED) is 0.878. The van der Waals surface area contributed by atoms with Gasteiger partial charge in [0.2, 0.25) is 0 Å². The van der Waals surface area contributed by atoms with Crippen LogP contribution in [0.4, 0.5) is 10.6 Å². The number of urea groups is 1. The lowest BCUT2D eigenvalue weighted by Crippen LogP contribution is -2.42. The molecule has 0 bridgehead atoms. The Morgan fingerprint density at radius 3 is 2.76 bits per heavy atom. The normalized spacial score (nSPS) is 27.0. The second-order valence-electron chi connectivity index (χ2n) is 6.29. The summed E-state index contributed by atoms with van der Waals surface area (Å²) in [5.41, 5.74) is 5.96. The highest BCUT2D eigenvalue weighted by atomic mass is 16.2. The fraction of sp³-hybridized carbons (Fsp3) is 0.733. The summed E-state index contributed by atoms with van der Waals surface area (Å²) in [4.78, 5) is 14.1. The molecule has 2 heterocycles. The highest BCUT2D eigenvalue weighted by Gasteiger charge is 2.31. The Balaban J connectivity index is 1.60. The van der Waals surface area contributed by atoms with Crippen LogP contribution in [0.5, 0.6) is 0 Å². The summed E-state index contributed by atoms with van der Waals surface area (Å²) in [6.07, 6.45) is 9.09. The summed E-state index contributed by atoms with van der Waals surface area (Å²) in [5.74, 6) is 0.637. The molecular weight excluding hydrogens is 266 g/mol. The van der Waals surface area contributed by atoms with Gasteiger partial charge in [0.25, 0.3) is 0 Å². The van der Waals surface area contributed by atoms with E-state index in [9.17, 15) is 4.79 Å². The van der Waals surface area contributed by atoms with Crippen molar-refractivity contribution in [2.75, 3.05) is 11.9 Å². The second kappa shape index (κ2) is 6.05. The molecule has 0 spiro atoms. The van der Waals surface area contributed by atoms with Crippen LogP contribution in [-0.4, -0.2) is 39.3 Å². The van der Waals surface area contributed by atoms with E-state index < -0.39 is 0 Å². The van der Waals surface area contributed by atoms with Gasteiger partial charge in [0.05, 0.1) is 6.04 Å².